The van der Waals surface area contributed by atoms with Crippen LogP contribution >= 0.6 is 11.8 Å². The minimum Gasteiger partial charge on any atom is -0.497 e. The van der Waals surface area contributed by atoms with Crippen molar-refractivity contribution < 1.29 is 18.3 Å². The fourth-order valence-corrected chi connectivity index (χ4v) is 4.65. The Morgan fingerprint density at radius 2 is 1.30 bits per heavy atom. The van der Waals surface area contributed by atoms with Gasteiger partial charge in [0.1, 0.15) is 23.0 Å². The molecule has 0 aliphatic carbocycles. The van der Waals surface area contributed by atoms with Gasteiger partial charge in [-0.3, -0.25) is 0 Å². The molecule has 0 radical (unpaired) electrons. The molecule has 4 aromatic rings. The number of benzene rings is 4. The van der Waals surface area contributed by atoms with Gasteiger partial charge in [-0.1, -0.05) is 66.4 Å². The molecule has 0 aromatic heterocycles. The van der Waals surface area contributed by atoms with Crippen LogP contribution in [0, 0.1) is 11.6 Å². The van der Waals surface area contributed by atoms with Gasteiger partial charge in [0.05, 0.1) is 14.2 Å². The second kappa shape index (κ2) is 12.9. The van der Waals surface area contributed by atoms with Gasteiger partial charge in [-0.15, -0.1) is 0 Å². The molecule has 0 saturated heterocycles. The van der Waals surface area contributed by atoms with E-state index in [0.29, 0.717) is 24.0 Å². The highest BCUT2D eigenvalue weighted by Crippen LogP contribution is 2.27. The third kappa shape index (κ3) is 7.57. The SMILES string of the molecule is COc1ccc(CN(Cc2ccc(OC)cc2)C(=Nc2ccc(F)cc2F)SCc2ccccc2)cc1. The Bertz CT molecular complexity index is 1260. The number of nitrogens with zero attached hydrogens (tertiary/aromatic N) is 2. The second-order valence-electron chi connectivity index (χ2n) is 8.32. The minimum absolute atomic E-state index is 0.0893. The molecule has 4 rings (SSSR count). The summed E-state index contributed by atoms with van der Waals surface area (Å²) in [4.78, 5) is 6.79. The van der Waals surface area contributed by atoms with Gasteiger partial charge in [0.2, 0.25) is 0 Å². The predicted octanol–water partition coefficient (Wildman–Crippen LogP) is 7.61. The van der Waals surface area contributed by atoms with Crippen molar-refractivity contribution in [2.45, 2.75) is 18.8 Å². The lowest BCUT2D eigenvalue weighted by Gasteiger charge is -2.26. The van der Waals surface area contributed by atoms with Crippen molar-refractivity contribution in [2.24, 2.45) is 4.99 Å². The third-order valence-electron chi connectivity index (χ3n) is 5.67. The summed E-state index contributed by atoms with van der Waals surface area (Å²) in [5.74, 6) is 0.844. The van der Waals surface area contributed by atoms with Gasteiger partial charge in [0, 0.05) is 24.9 Å². The first-order valence-corrected chi connectivity index (χ1v) is 12.7. The summed E-state index contributed by atoms with van der Waals surface area (Å²) in [5, 5.41) is 0.626. The molecule has 0 N–H and O–H groups in total. The highest BCUT2D eigenvalue weighted by atomic mass is 32.2. The molecule has 0 heterocycles. The Morgan fingerprint density at radius 1 is 0.730 bits per heavy atom. The van der Waals surface area contributed by atoms with Gasteiger partial charge in [0.25, 0.3) is 0 Å². The average molecular weight is 519 g/mol. The Kier molecular flexibility index (Phi) is 9.16. The van der Waals surface area contributed by atoms with Gasteiger partial charge in [-0.05, 0) is 53.1 Å². The number of aliphatic imine (C=N–C) groups is 1. The van der Waals surface area contributed by atoms with E-state index < -0.39 is 11.6 Å². The fourth-order valence-electron chi connectivity index (χ4n) is 3.69. The quantitative estimate of drug-likeness (QED) is 0.169. The molecule has 37 heavy (non-hydrogen) atoms. The molecular formula is C30H28F2N2O2S. The first kappa shape index (κ1) is 26.2. The summed E-state index contributed by atoms with van der Waals surface area (Å²) in [6, 6.07) is 29.1. The van der Waals surface area contributed by atoms with Crippen LogP contribution in [0.5, 0.6) is 11.5 Å². The number of ether oxygens (including phenoxy) is 2. The standard InChI is InChI=1S/C30H28F2N2O2S/c1-35-26-13-8-22(9-14-26)19-34(20-23-10-15-27(36-2)16-11-23)30(37-21-24-6-4-3-5-7-24)33-29-17-12-25(31)18-28(29)32/h3-18H,19-21H2,1-2H3. The normalized spacial score (nSPS) is 11.3. The highest BCUT2D eigenvalue weighted by molar-refractivity contribution is 8.13. The summed E-state index contributed by atoms with van der Waals surface area (Å²) in [6.45, 7) is 1.05. The van der Waals surface area contributed by atoms with Crippen LogP contribution in [0.25, 0.3) is 0 Å². The topological polar surface area (TPSA) is 34.1 Å². The Hall–Kier alpha value is -3.84. The summed E-state index contributed by atoms with van der Waals surface area (Å²) in [7, 11) is 3.26. The van der Waals surface area contributed by atoms with E-state index in [1.54, 1.807) is 14.2 Å². The van der Waals surface area contributed by atoms with Crippen LogP contribution in [-0.2, 0) is 18.8 Å². The van der Waals surface area contributed by atoms with Crippen molar-refractivity contribution >= 4 is 22.6 Å². The molecule has 0 spiro atoms. The number of hydrogen-bond acceptors (Lipinski definition) is 4. The highest BCUT2D eigenvalue weighted by Gasteiger charge is 2.16. The first-order chi connectivity index (χ1) is 18.0. The largest absolute Gasteiger partial charge is 0.497 e. The van der Waals surface area contributed by atoms with E-state index in [0.717, 1.165) is 34.3 Å². The van der Waals surface area contributed by atoms with Crippen molar-refractivity contribution in [3.05, 3.63) is 125 Å². The maximum absolute atomic E-state index is 14.7. The maximum atomic E-state index is 14.7. The van der Waals surface area contributed by atoms with E-state index in [4.69, 9.17) is 9.47 Å². The Morgan fingerprint density at radius 3 is 1.81 bits per heavy atom. The van der Waals surface area contributed by atoms with Crippen molar-refractivity contribution in [1.82, 2.24) is 4.90 Å². The fraction of sp³-hybridized carbons (Fsp3) is 0.167. The minimum atomic E-state index is -0.702. The van der Waals surface area contributed by atoms with Crippen molar-refractivity contribution in [2.75, 3.05) is 14.2 Å². The molecule has 4 nitrogen and oxygen atoms in total. The Labute approximate surface area is 220 Å². The zero-order valence-electron chi connectivity index (χ0n) is 20.7. The molecule has 190 valence electrons. The number of hydrogen-bond donors (Lipinski definition) is 0. The molecule has 0 atom stereocenters. The molecule has 0 saturated carbocycles. The number of amidine groups is 1. The van der Waals surface area contributed by atoms with E-state index in [9.17, 15) is 8.78 Å². The summed E-state index contributed by atoms with van der Waals surface area (Å²) < 4.78 is 38.8. The molecule has 0 unspecified atom stereocenters. The van der Waals surface area contributed by atoms with Gasteiger partial charge in [-0.25, -0.2) is 13.8 Å². The van der Waals surface area contributed by atoms with Gasteiger partial charge in [-0.2, -0.15) is 0 Å². The van der Waals surface area contributed by atoms with Crippen LogP contribution in [0.2, 0.25) is 0 Å². The second-order valence-corrected chi connectivity index (χ2v) is 9.26. The molecule has 7 heteroatoms. The average Bonchev–Trinajstić information content (AvgIpc) is 2.93. The monoisotopic (exact) mass is 518 g/mol. The summed E-state index contributed by atoms with van der Waals surface area (Å²) in [5.41, 5.74) is 3.30. The zero-order valence-corrected chi connectivity index (χ0v) is 21.6. The third-order valence-corrected chi connectivity index (χ3v) is 6.76. The van der Waals surface area contributed by atoms with Crippen molar-refractivity contribution in [3.8, 4) is 11.5 Å². The predicted molar refractivity (Wildman–Crippen MR) is 146 cm³/mol. The first-order valence-electron chi connectivity index (χ1n) is 11.8. The lowest BCUT2D eigenvalue weighted by Crippen LogP contribution is -2.28. The summed E-state index contributed by atoms with van der Waals surface area (Å²) >= 11 is 1.51. The van der Waals surface area contributed by atoms with E-state index >= 15 is 0 Å². The lowest BCUT2D eigenvalue weighted by atomic mass is 10.1. The van der Waals surface area contributed by atoms with E-state index in [1.807, 2.05) is 78.9 Å². The van der Waals surface area contributed by atoms with Crippen LogP contribution in [0.4, 0.5) is 14.5 Å². The lowest BCUT2D eigenvalue weighted by molar-refractivity contribution is 0.405. The van der Waals surface area contributed by atoms with Crippen LogP contribution in [0.3, 0.4) is 0 Å². The number of rotatable bonds is 9. The molecule has 4 aromatic carbocycles. The van der Waals surface area contributed by atoms with Crippen LogP contribution in [-0.4, -0.2) is 24.3 Å². The molecule has 0 amide bonds. The van der Waals surface area contributed by atoms with Gasteiger partial charge < -0.3 is 14.4 Å². The zero-order chi connectivity index (χ0) is 26.0. The maximum Gasteiger partial charge on any atom is 0.165 e. The van der Waals surface area contributed by atoms with E-state index in [2.05, 4.69) is 9.89 Å². The van der Waals surface area contributed by atoms with Crippen LogP contribution in [0.1, 0.15) is 16.7 Å². The Balaban J connectivity index is 1.71. The molecular weight excluding hydrogens is 490 g/mol. The molecule has 0 fully saturated rings. The number of halogens is 2. The molecule has 0 aliphatic heterocycles. The molecule has 0 bridgehead atoms. The van der Waals surface area contributed by atoms with Gasteiger partial charge in [0.15, 0.2) is 11.0 Å². The molecule has 0 aliphatic rings. The van der Waals surface area contributed by atoms with Crippen molar-refractivity contribution in [1.29, 1.82) is 0 Å². The number of methoxy groups -OCH3 is 2. The van der Waals surface area contributed by atoms with E-state index in [-0.39, 0.29) is 5.69 Å². The smallest absolute Gasteiger partial charge is 0.165 e. The summed E-state index contributed by atoms with van der Waals surface area (Å²) in [6.07, 6.45) is 0. The van der Waals surface area contributed by atoms with Crippen molar-refractivity contribution in [3.63, 3.8) is 0 Å². The number of thioether (sulfide) groups is 1. The van der Waals surface area contributed by atoms with Crippen LogP contribution in [0.15, 0.2) is 102 Å². The van der Waals surface area contributed by atoms with Crippen LogP contribution < -0.4 is 9.47 Å². The van der Waals surface area contributed by atoms with E-state index in [1.165, 1.54) is 23.9 Å². The van der Waals surface area contributed by atoms with Gasteiger partial charge >= 0.3 is 0 Å².